The molecule has 0 spiro atoms. The molecule has 0 unspecified atom stereocenters. The minimum atomic E-state index is -0.561. The van der Waals surface area contributed by atoms with Gasteiger partial charge in [0, 0.05) is 72.0 Å². The summed E-state index contributed by atoms with van der Waals surface area (Å²) in [5.74, 6) is -0.161. The van der Waals surface area contributed by atoms with Crippen molar-refractivity contribution >= 4 is 89.8 Å². The van der Waals surface area contributed by atoms with E-state index in [0.29, 0.717) is 104 Å². The first-order valence-electron chi connectivity index (χ1n) is 30.3. The second-order valence-corrected chi connectivity index (χ2v) is 26.1. The number of likely N-dealkylation sites (tertiary alicyclic amines) is 2. The first kappa shape index (κ1) is 74.4. The molecule has 6 aliphatic heterocycles. The molecular weight excluding hydrogens is 1300 g/mol. The number of benzene rings is 3. The van der Waals surface area contributed by atoms with Crippen LogP contribution in [0.2, 0.25) is 15.1 Å². The van der Waals surface area contributed by atoms with Crippen LogP contribution in [0.25, 0.3) is 0 Å². The summed E-state index contributed by atoms with van der Waals surface area (Å²) in [6, 6.07) is 13.6. The Morgan fingerprint density at radius 2 is 0.924 bits per heavy atom. The molecule has 3 saturated heterocycles. The molecular formula is C64H80Cl5F3N12O8. The summed E-state index contributed by atoms with van der Waals surface area (Å²) in [6.45, 7) is 19.2. The molecule has 12 rings (SSSR count). The molecule has 5 N–H and O–H groups in total. The van der Waals surface area contributed by atoms with Crippen LogP contribution in [-0.2, 0) is 58.0 Å². The highest BCUT2D eigenvalue weighted by Crippen LogP contribution is 2.37. The smallest absolute Gasteiger partial charge is 0.410 e. The summed E-state index contributed by atoms with van der Waals surface area (Å²) in [7, 11) is 0. The lowest BCUT2D eigenvalue weighted by molar-refractivity contribution is -0.191. The Hall–Kier alpha value is -6.69. The van der Waals surface area contributed by atoms with E-state index in [2.05, 4.69) is 41.2 Å². The van der Waals surface area contributed by atoms with Crippen molar-refractivity contribution in [1.29, 1.82) is 0 Å². The van der Waals surface area contributed by atoms with Crippen molar-refractivity contribution in [2.24, 2.45) is 0 Å². The van der Waals surface area contributed by atoms with Crippen LogP contribution < -0.4 is 10.6 Å². The van der Waals surface area contributed by atoms with Gasteiger partial charge in [0.15, 0.2) is 11.4 Å². The maximum atomic E-state index is 13.6. The minimum Gasteiger partial charge on any atom is -0.444 e. The van der Waals surface area contributed by atoms with Crippen LogP contribution in [0, 0.1) is 17.5 Å². The number of H-pyrrole nitrogens is 3. The number of aromatic nitrogens is 6. The molecule has 3 aromatic carbocycles. The maximum Gasteiger partial charge on any atom is 0.410 e. The third-order valence-corrected chi connectivity index (χ3v) is 17.4. The van der Waals surface area contributed by atoms with Gasteiger partial charge >= 0.3 is 18.3 Å². The van der Waals surface area contributed by atoms with Crippen LogP contribution in [-0.4, -0.2) is 150 Å². The Morgan fingerprint density at radius 3 is 1.37 bits per heavy atom. The molecule has 6 aromatic rings. The summed E-state index contributed by atoms with van der Waals surface area (Å²) < 4.78 is 51.0. The number of nitrogens with one attached hydrogen (secondary N) is 5. The summed E-state index contributed by atoms with van der Waals surface area (Å²) >= 11 is 18.5. The molecule has 9 heterocycles. The quantitative estimate of drug-likeness (QED) is 0.108. The lowest BCUT2D eigenvalue weighted by Gasteiger charge is -2.33. The zero-order valence-corrected chi connectivity index (χ0v) is 56.2. The van der Waals surface area contributed by atoms with Gasteiger partial charge in [0.05, 0.1) is 36.4 Å². The van der Waals surface area contributed by atoms with E-state index in [1.165, 1.54) is 35.9 Å². The molecule has 0 atom stereocenters. The van der Waals surface area contributed by atoms with Gasteiger partial charge in [-0.3, -0.25) is 24.9 Å². The maximum absolute atomic E-state index is 13.6. The highest BCUT2D eigenvalue weighted by molar-refractivity contribution is 6.32. The number of aromatic amines is 3. The number of nitrogens with zero attached hydrogens (tertiary/aromatic N) is 7. The zero-order valence-electron chi connectivity index (χ0n) is 52.3. The molecule has 0 saturated carbocycles. The van der Waals surface area contributed by atoms with Crippen LogP contribution in [0.3, 0.4) is 0 Å². The number of piperidine rings is 3. The van der Waals surface area contributed by atoms with Gasteiger partial charge in [0.2, 0.25) is 0 Å². The van der Waals surface area contributed by atoms with E-state index >= 15 is 0 Å². The van der Waals surface area contributed by atoms with E-state index in [1.54, 1.807) is 39.0 Å². The van der Waals surface area contributed by atoms with Crippen molar-refractivity contribution in [3.8, 4) is 0 Å². The van der Waals surface area contributed by atoms with Gasteiger partial charge in [-0.1, -0.05) is 34.8 Å². The lowest BCUT2D eigenvalue weighted by atomic mass is 9.89. The van der Waals surface area contributed by atoms with E-state index in [1.807, 2.05) is 52.6 Å². The number of carbonyl (C=O) groups excluding carboxylic acids is 6. The number of hydrogen-bond donors (Lipinski definition) is 5. The van der Waals surface area contributed by atoms with Crippen molar-refractivity contribution in [3.05, 3.63) is 155 Å². The number of ether oxygens (including phenoxy) is 2. The normalized spacial score (nSPS) is 16.6. The second-order valence-electron chi connectivity index (χ2n) is 24.9. The molecule has 6 aliphatic rings. The van der Waals surface area contributed by atoms with Crippen LogP contribution in [0.1, 0.15) is 169 Å². The van der Waals surface area contributed by atoms with Gasteiger partial charge in [-0.2, -0.15) is 24.9 Å². The number of rotatable bonds is 5. The molecule has 0 aliphatic carbocycles. The fourth-order valence-corrected chi connectivity index (χ4v) is 12.6. The third kappa shape index (κ3) is 20.2. The van der Waals surface area contributed by atoms with Crippen LogP contribution in [0.15, 0.2) is 60.8 Å². The Balaban J connectivity index is 0.000000200. The molecule has 0 bridgehead atoms. The van der Waals surface area contributed by atoms with Crippen molar-refractivity contribution in [2.45, 2.75) is 148 Å². The summed E-state index contributed by atoms with van der Waals surface area (Å²) in [5.41, 5.74) is 8.48. The number of halogens is 8. The number of hydrogen-bond acceptors (Lipinski definition) is 13. The fourth-order valence-electron chi connectivity index (χ4n) is 11.8. The second kappa shape index (κ2) is 33.9. The first-order valence-corrected chi connectivity index (χ1v) is 31.5. The van der Waals surface area contributed by atoms with E-state index in [0.717, 1.165) is 110 Å². The molecule has 28 heteroatoms. The Kier molecular flexibility index (Phi) is 27.4. The van der Waals surface area contributed by atoms with E-state index in [9.17, 15) is 32.3 Å². The third-order valence-electron chi connectivity index (χ3n) is 16.4. The summed E-state index contributed by atoms with van der Waals surface area (Å²) in [6.07, 6.45) is 8.73. The standard InChI is InChI=1S/C23H28ClFN4O3.C18H20ClFN4O.C11H13ClFN.C11H17N3O2.CO2.2ClH/c1-23(2,3)32-22(31)29-11-8-16-19(13-29)26-27-20(16)21(30)28-9-6-14(7-10-28)17-12-15(25)4-5-18(17)24;19-15-2-1-12(20)9-14(15)11-4-7-24(8-5-11)18(25)17-13-3-6-21-10-16(13)22-23-17;12-11-2-1-9(13)7-10(11)8-3-5-14-6-4-8;1-11(2,3)16-10(15)14-5-4-8-6-12-13-9(8)7-14;2-1-3;;/h4-5,12,14H,6-11,13H2,1-3H3,(H,26,27);1-2,9,11,21H,3-8,10H2,(H,22,23);1-2,7-8,14H,3-6H2;6H,4-5,7H2,1-3H3,(H,12,13);;2*1H. The molecule has 92 heavy (non-hydrogen) atoms. The molecule has 4 amide bonds. The SMILES string of the molecule is CC(C)(C)OC(=O)N1CCc2c(C(=O)N3CCC(c4cc(F)ccc4Cl)CC3)n[nH]c2C1.CC(C)(C)OC(=O)N1CCc2cn[nH]c2C1.Cl.Cl.Fc1ccc(Cl)c(C2CCNCC2)c1.O=C(c1n[nH]c2c1CCNC2)N1CCC(c2cc(F)ccc2Cl)CC1.O=C=O. The van der Waals surface area contributed by atoms with Gasteiger partial charge in [-0.05, 0) is 214 Å². The van der Waals surface area contributed by atoms with Crippen molar-refractivity contribution in [2.75, 3.05) is 58.9 Å². The van der Waals surface area contributed by atoms with Crippen LogP contribution in [0.4, 0.5) is 22.8 Å². The highest BCUT2D eigenvalue weighted by atomic mass is 35.5. The Labute approximate surface area is 560 Å². The number of fused-ring (bicyclic) bond motifs is 3. The highest BCUT2D eigenvalue weighted by Gasteiger charge is 2.35. The van der Waals surface area contributed by atoms with Gasteiger partial charge < -0.3 is 39.7 Å². The number of amides is 4. The van der Waals surface area contributed by atoms with Gasteiger partial charge in [-0.25, -0.2) is 22.8 Å². The zero-order chi connectivity index (χ0) is 64.9. The molecule has 3 aromatic heterocycles. The predicted molar refractivity (Wildman–Crippen MR) is 346 cm³/mol. The van der Waals surface area contributed by atoms with Crippen LogP contribution >= 0.6 is 59.6 Å². The minimum absolute atomic E-state index is 0. The van der Waals surface area contributed by atoms with Crippen molar-refractivity contribution in [1.82, 2.24) is 60.8 Å². The topological polar surface area (TPSA) is 244 Å². The van der Waals surface area contributed by atoms with Gasteiger partial charge in [0.25, 0.3) is 11.8 Å². The number of carbonyl (C=O) groups is 4. The van der Waals surface area contributed by atoms with Gasteiger partial charge in [0.1, 0.15) is 28.7 Å². The van der Waals surface area contributed by atoms with Gasteiger partial charge in [-0.15, -0.1) is 24.8 Å². The molecule has 20 nitrogen and oxygen atoms in total. The van der Waals surface area contributed by atoms with E-state index in [-0.39, 0.29) is 84.3 Å². The summed E-state index contributed by atoms with van der Waals surface area (Å²) in [5, 5.41) is 29.7. The fraction of sp³-hybridized carbons (Fsp3) is 0.500. The van der Waals surface area contributed by atoms with Crippen molar-refractivity contribution in [3.63, 3.8) is 0 Å². The monoisotopic (exact) mass is 1380 g/mol. The molecule has 0 radical (unpaired) electrons. The largest absolute Gasteiger partial charge is 0.444 e. The lowest BCUT2D eigenvalue weighted by Crippen LogP contribution is -2.41. The van der Waals surface area contributed by atoms with Crippen LogP contribution in [0.5, 0.6) is 0 Å². The predicted octanol–water partition coefficient (Wildman–Crippen LogP) is 12.3. The Bertz CT molecular complexity index is 3490. The average Bonchev–Trinajstić information content (AvgIpc) is 1.62. The van der Waals surface area contributed by atoms with E-state index < -0.39 is 11.2 Å². The molecule has 3 fully saturated rings. The first-order chi connectivity index (χ1) is 42.9. The average molecular weight is 1380 g/mol. The Morgan fingerprint density at radius 1 is 0.522 bits per heavy atom. The van der Waals surface area contributed by atoms with Crippen molar-refractivity contribution < 1.29 is 51.4 Å². The molecule has 500 valence electrons. The van der Waals surface area contributed by atoms with E-state index in [4.69, 9.17) is 53.9 Å². The summed E-state index contributed by atoms with van der Waals surface area (Å²) in [4.78, 5) is 73.4.